The van der Waals surface area contributed by atoms with Crippen molar-refractivity contribution < 1.29 is 4.79 Å². The second-order valence-corrected chi connectivity index (χ2v) is 8.34. The second kappa shape index (κ2) is 8.36. The Morgan fingerprint density at radius 3 is 2.88 bits per heavy atom. The molecule has 0 saturated carbocycles. The number of amides is 1. The van der Waals surface area contributed by atoms with E-state index in [4.69, 9.17) is 4.98 Å². The predicted molar refractivity (Wildman–Crippen MR) is 129 cm³/mol. The average molecular weight is 434 g/mol. The monoisotopic (exact) mass is 433 g/mol. The van der Waals surface area contributed by atoms with Crippen LogP contribution in [0.4, 0.5) is 5.69 Å². The summed E-state index contributed by atoms with van der Waals surface area (Å²) in [5.74, 6) is -0.281. The van der Waals surface area contributed by atoms with Crippen molar-refractivity contribution in [2.24, 2.45) is 0 Å². The Morgan fingerprint density at radius 1 is 1.24 bits per heavy atom. The Balaban J connectivity index is 1.66. The molecule has 1 amide bonds. The molecule has 1 atom stereocenters. The molecule has 0 saturated heterocycles. The van der Waals surface area contributed by atoms with Crippen LogP contribution in [0.5, 0.6) is 0 Å². The molecular formula is C27H23N5O. The molecule has 5 rings (SSSR count). The maximum Gasteiger partial charge on any atom is 0.248 e. The molecule has 0 radical (unpaired) electrons. The number of nitrogens with zero attached hydrogens (tertiary/aromatic N) is 4. The summed E-state index contributed by atoms with van der Waals surface area (Å²) < 4.78 is 2.15. The quantitative estimate of drug-likeness (QED) is 0.454. The van der Waals surface area contributed by atoms with Crippen LogP contribution < -0.4 is 5.32 Å². The van der Waals surface area contributed by atoms with E-state index in [0.29, 0.717) is 16.9 Å². The van der Waals surface area contributed by atoms with Gasteiger partial charge in [0.15, 0.2) is 0 Å². The van der Waals surface area contributed by atoms with Crippen LogP contribution in [0.2, 0.25) is 0 Å². The fourth-order valence-corrected chi connectivity index (χ4v) is 4.83. The highest BCUT2D eigenvalue weighted by Gasteiger charge is 2.29. The number of pyridine rings is 2. The topological polar surface area (TPSA) is 83.6 Å². The van der Waals surface area contributed by atoms with Crippen LogP contribution in [-0.2, 0) is 11.2 Å². The summed E-state index contributed by atoms with van der Waals surface area (Å²) >= 11 is 0. The van der Waals surface area contributed by atoms with E-state index < -0.39 is 0 Å². The molecule has 3 aromatic heterocycles. The van der Waals surface area contributed by atoms with Gasteiger partial charge in [0.25, 0.3) is 0 Å². The van der Waals surface area contributed by atoms with Gasteiger partial charge in [0.05, 0.1) is 29.2 Å². The maximum atomic E-state index is 12.6. The Kier molecular flexibility index (Phi) is 5.23. The van der Waals surface area contributed by atoms with E-state index in [1.54, 1.807) is 30.6 Å². The molecule has 162 valence electrons. The van der Waals surface area contributed by atoms with Crippen LogP contribution in [-0.4, -0.2) is 20.4 Å². The normalized spacial score (nSPS) is 15.0. The number of fused-ring (bicyclic) bond motifs is 2. The molecule has 1 aromatic carbocycles. The third-order valence-electron chi connectivity index (χ3n) is 6.17. The molecular weight excluding hydrogens is 410 g/mol. The highest BCUT2D eigenvalue weighted by atomic mass is 16.1. The number of anilines is 1. The van der Waals surface area contributed by atoms with Crippen LogP contribution in [0.25, 0.3) is 17.1 Å². The average Bonchev–Trinajstić information content (AvgIpc) is 3.36. The van der Waals surface area contributed by atoms with Crippen molar-refractivity contribution in [3.8, 4) is 6.07 Å². The minimum Gasteiger partial charge on any atom is -0.321 e. The first-order chi connectivity index (χ1) is 16.1. The Labute approximate surface area is 192 Å². The van der Waals surface area contributed by atoms with Gasteiger partial charge in [-0.05, 0) is 67.7 Å². The first-order valence-corrected chi connectivity index (χ1v) is 11.0. The minimum atomic E-state index is -0.281. The van der Waals surface area contributed by atoms with Crippen molar-refractivity contribution in [1.82, 2.24) is 14.5 Å². The van der Waals surface area contributed by atoms with E-state index in [1.165, 1.54) is 17.2 Å². The maximum absolute atomic E-state index is 12.6. The smallest absolute Gasteiger partial charge is 0.248 e. The van der Waals surface area contributed by atoms with Crippen molar-refractivity contribution in [3.63, 3.8) is 0 Å². The Bertz CT molecular complexity index is 1440. The minimum absolute atomic E-state index is 0.0561. The largest absolute Gasteiger partial charge is 0.321 e. The van der Waals surface area contributed by atoms with Gasteiger partial charge in [0.2, 0.25) is 5.91 Å². The molecule has 0 spiro atoms. The molecule has 1 aliphatic rings. The number of carbonyl (C=O) groups is 1. The van der Waals surface area contributed by atoms with Crippen LogP contribution >= 0.6 is 0 Å². The lowest BCUT2D eigenvalue weighted by Gasteiger charge is -2.18. The molecule has 0 fully saturated rings. The van der Waals surface area contributed by atoms with E-state index in [9.17, 15) is 10.1 Å². The second-order valence-electron chi connectivity index (χ2n) is 8.34. The van der Waals surface area contributed by atoms with E-state index in [-0.39, 0.29) is 11.9 Å². The summed E-state index contributed by atoms with van der Waals surface area (Å²) in [5, 5.41) is 13.8. The Morgan fingerprint density at radius 2 is 2.09 bits per heavy atom. The number of benzene rings is 1. The zero-order chi connectivity index (χ0) is 22.9. The van der Waals surface area contributed by atoms with Gasteiger partial charge in [-0.1, -0.05) is 24.3 Å². The van der Waals surface area contributed by atoms with Gasteiger partial charge in [0, 0.05) is 23.4 Å². The lowest BCUT2D eigenvalue weighted by molar-refractivity contribution is -0.111. The highest BCUT2D eigenvalue weighted by molar-refractivity contribution is 6.03. The van der Waals surface area contributed by atoms with Crippen LogP contribution in [0.15, 0.2) is 60.9 Å². The Hall–Kier alpha value is -4.24. The zero-order valence-corrected chi connectivity index (χ0v) is 18.5. The van der Waals surface area contributed by atoms with Crippen LogP contribution in [0.1, 0.15) is 46.1 Å². The summed E-state index contributed by atoms with van der Waals surface area (Å²) in [7, 11) is 0. The molecule has 4 aromatic rings. The lowest BCUT2D eigenvalue weighted by Crippen LogP contribution is -2.11. The third kappa shape index (κ3) is 3.68. The van der Waals surface area contributed by atoms with Crippen LogP contribution in [0.3, 0.4) is 0 Å². The summed E-state index contributed by atoms with van der Waals surface area (Å²) in [6.45, 7) is 3.97. The van der Waals surface area contributed by atoms with Crippen molar-refractivity contribution in [2.45, 2.75) is 32.7 Å². The van der Waals surface area contributed by atoms with E-state index in [0.717, 1.165) is 35.1 Å². The van der Waals surface area contributed by atoms with Gasteiger partial charge in [-0.3, -0.25) is 9.78 Å². The standard InChI is InChI=1S/C27H23N5O/c1-17-14-18(2)30-27-26(17)22(15-28)24(11-12-25(33)31-20-7-5-13-29-16-20)32(27)23-10-9-19-6-3-4-8-21(19)23/h3-8,11-14,16,23H,9-10H2,1-2H3,(H,31,33)/b12-11+. The number of carbonyl (C=O) groups excluding carboxylic acids is 1. The number of hydrogen-bond acceptors (Lipinski definition) is 4. The van der Waals surface area contributed by atoms with Crippen LogP contribution in [0, 0.1) is 25.2 Å². The molecule has 0 aliphatic heterocycles. The zero-order valence-electron chi connectivity index (χ0n) is 18.5. The summed E-state index contributed by atoms with van der Waals surface area (Å²) in [5.41, 5.74) is 7.13. The van der Waals surface area contributed by atoms with E-state index in [2.05, 4.69) is 45.2 Å². The first-order valence-electron chi connectivity index (χ1n) is 11.0. The predicted octanol–water partition coefficient (Wildman–Crippen LogP) is 5.11. The number of nitriles is 1. The molecule has 6 nitrogen and oxygen atoms in total. The number of nitrogens with one attached hydrogen (secondary N) is 1. The third-order valence-corrected chi connectivity index (χ3v) is 6.17. The van der Waals surface area contributed by atoms with Gasteiger partial charge < -0.3 is 9.88 Å². The molecule has 1 N–H and O–H groups in total. The van der Waals surface area contributed by atoms with Crippen molar-refractivity contribution >= 4 is 28.7 Å². The molecule has 6 heteroatoms. The lowest BCUT2D eigenvalue weighted by atomic mass is 10.1. The van der Waals surface area contributed by atoms with Gasteiger partial charge in [-0.15, -0.1) is 0 Å². The molecule has 33 heavy (non-hydrogen) atoms. The number of hydrogen-bond donors (Lipinski definition) is 1. The SMILES string of the molecule is Cc1cc(C)c2c(C#N)c(/C=C/C(=O)Nc3cccnc3)n(C3CCc4ccccc43)c2n1. The number of rotatable bonds is 4. The van der Waals surface area contributed by atoms with Gasteiger partial charge in [-0.25, -0.2) is 4.98 Å². The molecule has 1 unspecified atom stereocenters. The highest BCUT2D eigenvalue weighted by Crippen LogP contribution is 2.40. The fourth-order valence-electron chi connectivity index (χ4n) is 4.83. The van der Waals surface area contributed by atoms with Gasteiger partial charge in [0.1, 0.15) is 11.7 Å². The van der Waals surface area contributed by atoms with Crippen molar-refractivity contribution in [2.75, 3.05) is 5.32 Å². The summed E-state index contributed by atoms with van der Waals surface area (Å²) in [4.78, 5) is 21.5. The van der Waals surface area contributed by atoms with Crippen molar-refractivity contribution in [3.05, 3.63) is 94.6 Å². The molecule has 1 aliphatic carbocycles. The summed E-state index contributed by atoms with van der Waals surface area (Å²) in [6, 6.07) is 16.4. The van der Waals surface area contributed by atoms with Gasteiger partial charge >= 0.3 is 0 Å². The van der Waals surface area contributed by atoms with E-state index in [1.807, 2.05) is 19.9 Å². The van der Waals surface area contributed by atoms with E-state index >= 15 is 0 Å². The van der Waals surface area contributed by atoms with Crippen molar-refractivity contribution in [1.29, 1.82) is 5.26 Å². The van der Waals surface area contributed by atoms with Gasteiger partial charge in [-0.2, -0.15) is 5.26 Å². The molecule has 3 heterocycles. The number of aryl methyl sites for hydroxylation is 3. The fraction of sp³-hybridized carbons (Fsp3) is 0.185. The first kappa shape index (κ1) is 20.7. The molecule has 0 bridgehead atoms. The number of aromatic nitrogens is 3. The summed E-state index contributed by atoms with van der Waals surface area (Å²) in [6.07, 6.45) is 8.35.